The molecule has 1 atom stereocenters. The summed E-state index contributed by atoms with van der Waals surface area (Å²) < 4.78 is 0. The fraction of sp³-hybridized carbons (Fsp3) is 0.190. The van der Waals surface area contributed by atoms with Crippen LogP contribution in [0, 0.1) is 0 Å². The first-order valence-electron chi connectivity index (χ1n) is 8.43. The number of hydrogen-bond acceptors (Lipinski definition) is 1. The number of benzene rings is 2. The Balaban J connectivity index is 1.77. The number of hydrogen-bond donors (Lipinski definition) is 2. The van der Waals surface area contributed by atoms with Crippen LogP contribution < -0.4 is 10.6 Å². The van der Waals surface area contributed by atoms with Crippen molar-refractivity contribution in [1.82, 2.24) is 10.6 Å². The van der Waals surface area contributed by atoms with E-state index in [2.05, 4.69) is 41.0 Å². The Kier molecular flexibility index (Phi) is 3.91. The molecule has 2 aromatic rings. The molecule has 0 spiro atoms. The van der Waals surface area contributed by atoms with Gasteiger partial charge in [-0.05, 0) is 47.6 Å². The second-order valence-electron chi connectivity index (χ2n) is 6.28. The van der Waals surface area contributed by atoms with E-state index in [1.165, 1.54) is 16.7 Å². The molecule has 0 saturated carbocycles. The van der Waals surface area contributed by atoms with Crippen LogP contribution in [-0.4, -0.2) is 6.03 Å². The van der Waals surface area contributed by atoms with Gasteiger partial charge in [-0.1, -0.05) is 60.7 Å². The summed E-state index contributed by atoms with van der Waals surface area (Å²) in [7, 11) is 0. The van der Waals surface area contributed by atoms with Crippen molar-refractivity contribution in [3.05, 3.63) is 88.6 Å². The average Bonchev–Trinajstić information content (AvgIpc) is 2.63. The Bertz CT molecular complexity index is 806. The van der Waals surface area contributed by atoms with Gasteiger partial charge in [-0.3, -0.25) is 0 Å². The van der Waals surface area contributed by atoms with E-state index in [-0.39, 0.29) is 12.1 Å². The summed E-state index contributed by atoms with van der Waals surface area (Å²) in [5.74, 6) is 0. The minimum absolute atomic E-state index is 0.0329. The van der Waals surface area contributed by atoms with Gasteiger partial charge >= 0.3 is 6.03 Å². The quantitative estimate of drug-likeness (QED) is 0.837. The van der Waals surface area contributed by atoms with E-state index in [0.717, 1.165) is 30.5 Å². The zero-order chi connectivity index (χ0) is 16.4. The minimum atomic E-state index is -0.122. The third kappa shape index (κ3) is 2.85. The van der Waals surface area contributed by atoms with Gasteiger partial charge in [-0.2, -0.15) is 0 Å². The summed E-state index contributed by atoms with van der Waals surface area (Å²) in [4.78, 5) is 12.2. The number of carbonyl (C=O) groups is 1. The van der Waals surface area contributed by atoms with Crippen LogP contribution in [0.5, 0.6) is 0 Å². The molecular weight excluding hydrogens is 296 g/mol. The summed E-state index contributed by atoms with van der Waals surface area (Å²) in [5.41, 5.74) is 5.83. The molecule has 120 valence electrons. The van der Waals surface area contributed by atoms with Crippen molar-refractivity contribution >= 4 is 12.1 Å². The molecule has 1 aliphatic heterocycles. The molecule has 0 saturated heterocycles. The van der Waals surface area contributed by atoms with Crippen molar-refractivity contribution in [2.24, 2.45) is 0 Å². The molecule has 0 radical (unpaired) electrons. The predicted octanol–water partition coefficient (Wildman–Crippen LogP) is 4.56. The highest BCUT2D eigenvalue weighted by Crippen LogP contribution is 2.38. The standard InChI is InChI=1S/C21H20N2O/c24-21-22-19(16-10-5-2-6-11-16)18-13-7-12-17(20(18)23-21)14-15-8-3-1-4-9-15/h1-6,8-11,14,19H,7,12-13H2,(H2,22,23,24)/b17-14-. The number of rotatable bonds is 2. The number of urea groups is 1. The molecule has 2 amide bonds. The van der Waals surface area contributed by atoms with Crippen LogP contribution in [0.15, 0.2) is 77.5 Å². The van der Waals surface area contributed by atoms with Crippen LogP contribution in [0.3, 0.4) is 0 Å². The number of amides is 2. The van der Waals surface area contributed by atoms with Gasteiger partial charge < -0.3 is 10.6 Å². The van der Waals surface area contributed by atoms with Gasteiger partial charge in [0, 0.05) is 5.70 Å². The van der Waals surface area contributed by atoms with Gasteiger partial charge in [0.15, 0.2) is 0 Å². The zero-order valence-corrected chi connectivity index (χ0v) is 13.5. The zero-order valence-electron chi connectivity index (χ0n) is 13.5. The SMILES string of the molecule is O=C1NC2=C(CCC/C2=C/c2ccccc2)C(c2ccccc2)N1. The van der Waals surface area contributed by atoms with E-state index in [1.807, 2.05) is 36.4 Å². The predicted molar refractivity (Wildman–Crippen MR) is 96.1 cm³/mol. The largest absolute Gasteiger partial charge is 0.327 e. The van der Waals surface area contributed by atoms with Crippen LogP contribution in [-0.2, 0) is 0 Å². The maximum absolute atomic E-state index is 12.2. The maximum Gasteiger partial charge on any atom is 0.319 e. The van der Waals surface area contributed by atoms with E-state index in [1.54, 1.807) is 0 Å². The first kappa shape index (κ1) is 14.8. The Morgan fingerprint density at radius 2 is 1.62 bits per heavy atom. The topological polar surface area (TPSA) is 41.1 Å². The fourth-order valence-corrected chi connectivity index (χ4v) is 3.57. The van der Waals surface area contributed by atoms with Crippen molar-refractivity contribution < 1.29 is 4.79 Å². The minimum Gasteiger partial charge on any atom is -0.327 e. The molecule has 3 nitrogen and oxygen atoms in total. The molecule has 0 aromatic heterocycles. The summed E-state index contributed by atoms with van der Waals surface area (Å²) in [6, 6.07) is 20.3. The van der Waals surface area contributed by atoms with Gasteiger partial charge in [0.05, 0.1) is 6.04 Å². The van der Waals surface area contributed by atoms with Crippen LogP contribution in [0.2, 0.25) is 0 Å². The summed E-state index contributed by atoms with van der Waals surface area (Å²) in [6.45, 7) is 0. The first-order chi connectivity index (χ1) is 11.8. The van der Waals surface area contributed by atoms with Gasteiger partial charge in [-0.25, -0.2) is 4.79 Å². The van der Waals surface area contributed by atoms with E-state index in [4.69, 9.17) is 0 Å². The normalized spacial score (nSPS) is 21.9. The molecule has 1 aliphatic carbocycles. The maximum atomic E-state index is 12.2. The first-order valence-corrected chi connectivity index (χ1v) is 8.43. The highest BCUT2D eigenvalue weighted by atomic mass is 16.2. The van der Waals surface area contributed by atoms with Crippen molar-refractivity contribution in [3.63, 3.8) is 0 Å². The molecule has 1 heterocycles. The lowest BCUT2D eigenvalue weighted by molar-refractivity contribution is 0.238. The van der Waals surface area contributed by atoms with E-state index in [0.29, 0.717) is 0 Å². The number of nitrogens with one attached hydrogen (secondary N) is 2. The second kappa shape index (κ2) is 6.36. The number of carbonyl (C=O) groups excluding carboxylic acids is 1. The van der Waals surface area contributed by atoms with Gasteiger partial charge in [0.1, 0.15) is 0 Å². The van der Waals surface area contributed by atoms with E-state index < -0.39 is 0 Å². The van der Waals surface area contributed by atoms with E-state index in [9.17, 15) is 4.79 Å². The van der Waals surface area contributed by atoms with E-state index >= 15 is 0 Å². The molecule has 0 fully saturated rings. The Labute approximate surface area is 142 Å². The van der Waals surface area contributed by atoms with Gasteiger partial charge in [0.2, 0.25) is 0 Å². The Morgan fingerprint density at radius 3 is 2.38 bits per heavy atom. The molecule has 2 aromatic carbocycles. The molecular formula is C21H20N2O. The van der Waals surface area contributed by atoms with Crippen molar-refractivity contribution in [2.45, 2.75) is 25.3 Å². The smallest absolute Gasteiger partial charge is 0.319 e. The third-order valence-corrected chi connectivity index (χ3v) is 4.67. The lowest BCUT2D eigenvalue weighted by atomic mass is 9.83. The Hall–Kier alpha value is -2.81. The summed E-state index contributed by atoms with van der Waals surface area (Å²) in [6.07, 6.45) is 5.31. The van der Waals surface area contributed by atoms with Crippen LogP contribution in [0.25, 0.3) is 6.08 Å². The second-order valence-corrected chi connectivity index (χ2v) is 6.28. The lowest BCUT2D eigenvalue weighted by Crippen LogP contribution is -2.45. The van der Waals surface area contributed by atoms with Crippen molar-refractivity contribution in [3.8, 4) is 0 Å². The molecule has 0 bridgehead atoms. The molecule has 2 aliphatic rings. The number of allylic oxidation sites excluding steroid dienone is 1. The van der Waals surface area contributed by atoms with Crippen LogP contribution in [0.4, 0.5) is 4.79 Å². The van der Waals surface area contributed by atoms with Crippen LogP contribution in [0.1, 0.15) is 36.4 Å². The molecule has 3 heteroatoms. The monoisotopic (exact) mass is 316 g/mol. The molecule has 2 N–H and O–H groups in total. The molecule has 1 unspecified atom stereocenters. The summed E-state index contributed by atoms with van der Waals surface area (Å²) >= 11 is 0. The average molecular weight is 316 g/mol. The van der Waals surface area contributed by atoms with Crippen molar-refractivity contribution in [2.75, 3.05) is 0 Å². The Morgan fingerprint density at radius 1 is 0.917 bits per heavy atom. The van der Waals surface area contributed by atoms with Gasteiger partial charge in [0.25, 0.3) is 0 Å². The van der Waals surface area contributed by atoms with Crippen molar-refractivity contribution in [1.29, 1.82) is 0 Å². The van der Waals surface area contributed by atoms with Crippen LogP contribution >= 0.6 is 0 Å². The molecule has 4 rings (SSSR count). The third-order valence-electron chi connectivity index (χ3n) is 4.67. The summed E-state index contributed by atoms with van der Waals surface area (Å²) in [5, 5.41) is 6.13. The molecule has 24 heavy (non-hydrogen) atoms. The highest BCUT2D eigenvalue weighted by molar-refractivity contribution is 5.81. The lowest BCUT2D eigenvalue weighted by Gasteiger charge is -2.34. The fourth-order valence-electron chi connectivity index (χ4n) is 3.57. The highest BCUT2D eigenvalue weighted by Gasteiger charge is 2.31. The van der Waals surface area contributed by atoms with Gasteiger partial charge in [-0.15, -0.1) is 0 Å².